The zero-order chi connectivity index (χ0) is 18.0. The molecule has 0 aromatic heterocycles. The molecule has 3 rings (SSSR count). The molecule has 1 N–H and O–H groups in total. The SMILES string of the molecule is CC(C)[C@H]1CC[C@@H](C)[C@@H]([C@H](O)c2ccc(-c3ccccc3)cc2)C1=O. The predicted molar refractivity (Wildman–Crippen MR) is 102 cm³/mol. The molecule has 2 aromatic carbocycles. The lowest BCUT2D eigenvalue weighted by Crippen LogP contribution is -2.39. The molecule has 25 heavy (non-hydrogen) atoms. The first-order valence-corrected chi connectivity index (χ1v) is 9.36. The molecule has 2 aromatic rings. The Labute approximate surface area is 150 Å². The maximum absolute atomic E-state index is 12.9. The second kappa shape index (κ2) is 7.53. The molecule has 0 saturated heterocycles. The molecule has 2 heteroatoms. The van der Waals surface area contributed by atoms with Crippen LogP contribution in [0.1, 0.15) is 45.3 Å². The Morgan fingerprint density at radius 3 is 2.12 bits per heavy atom. The van der Waals surface area contributed by atoms with Gasteiger partial charge in [0.25, 0.3) is 0 Å². The molecule has 0 amide bonds. The highest BCUT2D eigenvalue weighted by atomic mass is 16.3. The van der Waals surface area contributed by atoms with Crippen molar-refractivity contribution in [2.75, 3.05) is 0 Å². The summed E-state index contributed by atoms with van der Waals surface area (Å²) in [5, 5.41) is 10.9. The number of benzene rings is 2. The van der Waals surface area contributed by atoms with E-state index >= 15 is 0 Å². The highest BCUT2D eigenvalue weighted by Gasteiger charge is 2.41. The first-order chi connectivity index (χ1) is 12.0. The third-order valence-electron chi connectivity index (χ3n) is 5.74. The van der Waals surface area contributed by atoms with Crippen molar-refractivity contribution in [1.29, 1.82) is 0 Å². The smallest absolute Gasteiger partial charge is 0.142 e. The van der Waals surface area contributed by atoms with Crippen molar-refractivity contribution in [3.63, 3.8) is 0 Å². The van der Waals surface area contributed by atoms with Gasteiger partial charge in [0.2, 0.25) is 0 Å². The minimum absolute atomic E-state index is 0.0828. The molecule has 0 aliphatic heterocycles. The zero-order valence-corrected chi connectivity index (χ0v) is 15.4. The summed E-state index contributed by atoms with van der Waals surface area (Å²) in [5.41, 5.74) is 3.12. The lowest BCUT2D eigenvalue weighted by Gasteiger charge is -2.37. The number of carbonyl (C=O) groups is 1. The summed E-state index contributed by atoms with van der Waals surface area (Å²) in [6, 6.07) is 18.2. The minimum Gasteiger partial charge on any atom is -0.388 e. The Balaban J connectivity index is 1.82. The molecule has 1 saturated carbocycles. The van der Waals surface area contributed by atoms with Gasteiger partial charge in [-0.05, 0) is 41.4 Å². The average Bonchev–Trinajstić information content (AvgIpc) is 2.62. The van der Waals surface area contributed by atoms with Gasteiger partial charge in [0, 0.05) is 5.92 Å². The van der Waals surface area contributed by atoms with Crippen LogP contribution < -0.4 is 0 Å². The van der Waals surface area contributed by atoms with Crippen molar-refractivity contribution < 1.29 is 9.90 Å². The quantitative estimate of drug-likeness (QED) is 0.825. The van der Waals surface area contributed by atoms with Crippen LogP contribution in [0.2, 0.25) is 0 Å². The van der Waals surface area contributed by atoms with Gasteiger partial charge < -0.3 is 5.11 Å². The zero-order valence-electron chi connectivity index (χ0n) is 15.4. The molecule has 2 nitrogen and oxygen atoms in total. The van der Waals surface area contributed by atoms with Crippen molar-refractivity contribution in [1.82, 2.24) is 0 Å². The van der Waals surface area contributed by atoms with Crippen LogP contribution in [0.5, 0.6) is 0 Å². The maximum Gasteiger partial charge on any atom is 0.142 e. The molecule has 1 aliphatic rings. The van der Waals surface area contributed by atoms with Crippen molar-refractivity contribution in [2.45, 2.75) is 39.7 Å². The van der Waals surface area contributed by atoms with Crippen LogP contribution in [0.25, 0.3) is 11.1 Å². The number of aliphatic hydroxyl groups excluding tert-OH is 1. The van der Waals surface area contributed by atoms with E-state index in [0.717, 1.165) is 29.5 Å². The summed E-state index contributed by atoms with van der Waals surface area (Å²) < 4.78 is 0. The van der Waals surface area contributed by atoms with Gasteiger partial charge in [0.05, 0.1) is 12.0 Å². The first-order valence-electron chi connectivity index (χ1n) is 9.36. The molecule has 0 bridgehead atoms. The summed E-state index contributed by atoms with van der Waals surface area (Å²) >= 11 is 0. The number of Topliss-reactive ketones (excluding diaryl/α,β-unsaturated/α-hetero) is 1. The summed E-state index contributed by atoms with van der Waals surface area (Å²) in [5.74, 6) is 0.609. The number of hydrogen-bond donors (Lipinski definition) is 1. The van der Waals surface area contributed by atoms with Crippen LogP contribution >= 0.6 is 0 Å². The van der Waals surface area contributed by atoms with Crippen molar-refractivity contribution in [3.8, 4) is 11.1 Å². The fourth-order valence-corrected chi connectivity index (χ4v) is 4.13. The highest BCUT2D eigenvalue weighted by Crippen LogP contribution is 2.41. The number of aliphatic hydroxyl groups is 1. The summed E-state index contributed by atoms with van der Waals surface area (Å²) in [6.07, 6.45) is 1.25. The van der Waals surface area contributed by atoms with E-state index < -0.39 is 6.10 Å². The van der Waals surface area contributed by atoms with Crippen LogP contribution in [-0.2, 0) is 4.79 Å². The molecule has 0 unspecified atom stereocenters. The van der Waals surface area contributed by atoms with Crippen LogP contribution in [0.4, 0.5) is 0 Å². The Bertz CT molecular complexity index is 703. The fourth-order valence-electron chi connectivity index (χ4n) is 4.13. The van der Waals surface area contributed by atoms with Gasteiger partial charge in [-0.1, -0.05) is 75.4 Å². The van der Waals surface area contributed by atoms with Gasteiger partial charge >= 0.3 is 0 Å². The molecule has 0 radical (unpaired) electrons. The number of ketones is 1. The van der Waals surface area contributed by atoms with E-state index in [1.54, 1.807) is 0 Å². The normalized spacial score (nSPS) is 25.2. The second-order valence-electron chi connectivity index (χ2n) is 7.77. The van der Waals surface area contributed by atoms with Gasteiger partial charge in [-0.3, -0.25) is 4.79 Å². The Kier molecular flexibility index (Phi) is 5.39. The van der Waals surface area contributed by atoms with E-state index in [0.29, 0.717) is 5.92 Å². The van der Waals surface area contributed by atoms with E-state index in [1.807, 2.05) is 42.5 Å². The summed E-state index contributed by atoms with van der Waals surface area (Å²) in [6.45, 7) is 6.31. The highest BCUT2D eigenvalue weighted by molar-refractivity contribution is 5.85. The van der Waals surface area contributed by atoms with E-state index in [-0.39, 0.29) is 23.5 Å². The third kappa shape index (κ3) is 3.69. The maximum atomic E-state index is 12.9. The molecule has 1 fully saturated rings. The van der Waals surface area contributed by atoms with Crippen LogP contribution in [0.15, 0.2) is 54.6 Å². The lowest BCUT2D eigenvalue weighted by molar-refractivity contribution is -0.138. The van der Waals surface area contributed by atoms with Gasteiger partial charge in [0.15, 0.2) is 0 Å². The Hall–Kier alpha value is -1.93. The first kappa shape index (κ1) is 17.9. The number of carbonyl (C=O) groups excluding carboxylic acids is 1. The van der Waals surface area contributed by atoms with Crippen molar-refractivity contribution in [3.05, 3.63) is 60.2 Å². The van der Waals surface area contributed by atoms with Gasteiger partial charge in [0.1, 0.15) is 5.78 Å². The molecule has 0 spiro atoms. The minimum atomic E-state index is -0.714. The Morgan fingerprint density at radius 1 is 0.920 bits per heavy atom. The molecular weight excluding hydrogens is 308 g/mol. The largest absolute Gasteiger partial charge is 0.388 e. The van der Waals surface area contributed by atoms with Crippen molar-refractivity contribution in [2.24, 2.45) is 23.7 Å². The Morgan fingerprint density at radius 2 is 1.52 bits per heavy atom. The van der Waals surface area contributed by atoms with Crippen LogP contribution in [-0.4, -0.2) is 10.9 Å². The molecule has 0 heterocycles. The van der Waals surface area contributed by atoms with Gasteiger partial charge in [-0.2, -0.15) is 0 Å². The third-order valence-corrected chi connectivity index (χ3v) is 5.74. The number of hydrogen-bond acceptors (Lipinski definition) is 2. The van der Waals surface area contributed by atoms with Crippen LogP contribution in [0.3, 0.4) is 0 Å². The van der Waals surface area contributed by atoms with Crippen molar-refractivity contribution >= 4 is 5.78 Å². The molecule has 1 aliphatic carbocycles. The molecular formula is C23H28O2. The summed E-state index contributed by atoms with van der Waals surface area (Å²) in [4.78, 5) is 12.9. The van der Waals surface area contributed by atoms with E-state index in [2.05, 4.69) is 32.9 Å². The van der Waals surface area contributed by atoms with E-state index in [4.69, 9.17) is 0 Å². The molecule has 4 atom stereocenters. The topological polar surface area (TPSA) is 37.3 Å². The van der Waals surface area contributed by atoms with E-state index in [9.17, 15) is 9.90 Å². The van der Waals surface area contributed by atoms with E-state index in [1.165, 1.54) is 0 Å². The standard InChI is InChI=1S/C23H28O2/c1-15(2)20-14-9-16(3)21(23(20)25)22(24)19-12-10-18(11-13-19)17-7-5-4-6-8-17/h4-8,10-13,15-16,20-22,24H,9,14H2,1-3H3/t16-,20-,21+,22-/m1/s1. The number of rotatable bonds is 4. The summed E-state index contributed by atoms with van der Waals surface area (Å²) in [7, 11) is 0. The second-order valence-corrected chi connectivity index (χ2v) is 7.77. The predicted octanol–water partition coefficient (Wildman–Crippen LogP) is 5.27. The lowest BCUT2D eigenvalue weighted by atomic mass is 9.67. The fraction of sp³-hybridized carbons (Fsp3) is 0.435. The van der Waals surface area contributed by atoms with Gasteiger partial charge in [-0.25, -0.2) is 0 Å². The van der Waals surface area contributed by atoms with Gasteiger partial charge in [-0.15, -0.1) is 0 Å². The monoisotopic (exact) mass is 336 g/mol. The average molecular weight is 336 g/mol. The molecule has 132 valence electrons. The van der Waals surface area contributed by atoms with Crippen LogP contribution in [0, 0.1) is 23.7 Å².